The van der Waals surface area contributed by atoms with Crippen molar-refractivity contribution in [3.8, 4) is 0 Å². The zero-order chi connectivity index (χ0) is 13.3. The number of rotatable bonds is 3. The molecule has 0 radical (unpaired) electrons. The lowest BCUT2D eigenvalue weighted by Crippen LogP contribution is -2.35. The van der Waals surface area contributed by atoms with Gasteiger partial charge in [0.05, 0.1) is 11.0 Å². The van der Waals surface area contributed by atoms with Crippen LogP contribution in [0, 0.1) is 0 Å². The summed E-state index contributed by atoms with van der Waals surface area (Å²) in [7, 11) is 1.50. The number of hydrogen-bond donors (Lipinski definition) is 1. The van der Waals surface area contributed by atoms with Gasteiger partial charge in [0.2, 0.25) is 5.91 Å². The number of hydrogen-bond acceptors (Lipinski definition) is 3. The van der Waals surface area contributed by atoms with E-state index in [2.05, 4.69) is 15.9 Å². The van der Waals surface area contributed by atoms with Gasteiger partial charge in [-0.3, -0.25) is 9.59 Å². The molecule has 1 heterocycles. The molecule has 1 aromatic heterocycles. The summed E-state index contributed by atoms with van der Waals surface area (Å²) in [5, 5.41) is 0.820. The van der Waals surface area contributed by atoms with Crippen LogP contribution in [0.3, 0.4) is 0 Å². The second-order valence-electron chi connectivity index (χ2n) is 3.90. The molecule has 1 aromatic carbocycles. The predicted octanol–water partition coefficient (Wildman–Crippen LogP) is 1.75. The third kappa shape index (κ3) is 2.38. The van der Waals surface area contributed by atoms with Crippen LogP contribution < -0.4 is 5.73 Å². The highest BCUT2D eigenvalue weighted by atomic mass is 79.9. The summed E-state index contributed by atoms with van der Waals surface area (Å²) in [6, 6.07) is 7.16. The quantitative estimate of drug-likeness (QED) is 0.938. The molecule has 0 atom stereocenters. The Kier molecular flexibility index (Phi) is 3.38. The Balaban J connectivity index is 2.34. The van der Waals surface area contributed by atoms with Gasteiger partial charge >= 0.3 is 0 Å². The van der Waals surface area contributed by atoms with Crippen LogP contribution in [-0.2, 0) is 4.79 Å². The van der Waals surface area contributed by atoms with Gasteiger partial charge in [-0.1, -0.05) is 12.1 Å². The normalized spacial score (nSPS) is 10.6. The zero-order valence-electron chi connectivity index (χ0n) is 9.64. The number of carbonyl (C=O) groups excluding carboxylic acids is 2. The molecule has 2 rings (SSSR count). The van der Waals surface area contributed by atoms with Crippen LogP contribution >= 0.6 is 15.9 Å². The molecule has 0 saturated heterocycles. The van der Waals surface area contributed by atoms with E-state index >= 15 is 0 Å². The summed E-state index contributed by atoms with van der Waals surface area (Å²) >= 11 is 3.34. The number of nitrogens with two attached hydrogens (primary N) is 1. The van der Waals surface area contributed by atoms with Crippen molar-refractivity contribution in [2.75, 3.05) is 13.6 Å². The van der Waals surface area contributed by atoms with Crippen LogP contribution in [0.5, 0.6) is 0 Å². The predicted molar refractivity (Wildman–Crippen MR) is 70.1 cm³/mol. The van der Waals surface area contributed by atoms with Crippen molar-refractivity contribution < 1.29 is 14.0 Å². The molecule has 0 aliphatic heterocycles. The molecule has 2 aromatic rings. The molecular weight excluding hydrogens is 300 g/mol. The summed E-state index contributed by atoms with van der Waals surface area (Å²) in [5.41, 5.74) is 5.64. The van der Waals surface area contributed by atoms with Gasteiger partial charge in [-0.15, -0.1) is 0 Å². The molecule has 94 valence electrons. The van der Waals surface area contributed by atoms with E-state index in [9.17, 15) is 9.59 Å². The number of halogens is 1. The van der Waals surface area contributed by atoms with Crippen LogP contribution in [0.2, 0.25) is 0 Å². The van der Waals surface area contributed by atoms with Gasteiger partial charge in [-0.2, -0.15) is 0 Å². The maximum Gasteiger partial charge on any atom is 0.289 e. The number of furan rings is 1. The number of likely N-dealkylation sites (N-methyl/N-ethyl adjacent to an activating group) is 1. The van der Waals surface area contributed by atoms with E-state index in [4.69, 9.17) is 10.2 Å². The smallest absolute Gasteiger partial charge is 0.289 e. The molecule has 5 nitrogen and oxygen atoms in total. The monoisotopic (exact) mass is 310 g/mol. The third-order valence-electron chi connectivity index (χ3n) is 2.45. The van der Waals surface area contributed by atoms with Gasteiger partial charge in [-0.25, -0.2) is 0 Å². The van der Waals surface area contributed by atoms with E-state index < -0.39 is 5.91 Å². The number of para-hydroxylation sites is 1. The van der Waals surface area contributed by atoms with E-state index in [-0.39, 0.29) is 18.2 Å². The fourth-order valence-electron chi connectivity index (χ4n) is 1.63. The van der Waals surface area contributed by atoms with Gasteiger partial charge in [0, 0.05) is 12.4 Å². The Hall–Kier alpha value is -1.82. The zero-order valence-corrected chi connectivity index (χ0v) is 11.2. The second kappa shape index (κ2) is 4.81. The molecular formula is C12H11BrN2O3. The molecule has 0 fully saturated rings. The van der Waals surface area contributed by atoms with E-state index in [1.165, 1.54) is 11.9 Å². The van der Waals surface area contributed by atoms with Gasteiger partial charge in [0.25, 0.3) is 5.91 Å². The largest absolute Gasteiger partial charge is 0.450 e. The van der Waals surface area contributed by atoms with Gasteiger partial charge in [0.1, 0.15) is 5.58 Å². The van der Waals surface area contributed by atoms with Crippen molar-refractivity contribution in [3.63, 3.8) is 0 Å². The Labute approximate surface area is 112 Å². The Morgan fingerprint density at radius 2 is 2.17 bits per heavy atom. The van der Waals surface area contributed by atoms with Crippen molar-refractivity contribution in [2.45, 2.75) is 0 Å². The van der Waals surface area contributed by atoms with Crippen molar-refractivity contribution in [1.29, 1.82) is 0 Å². The fourth-order valence-corrected chi connectivity index (χ4v) is 2.09. The molecule has 18 heavy (non-hydrogen) atoms. The van der Waals surface area contributed by atoms with E-state index in [0.717, 1.165) is 9.86 Å². The maximum atomic E-state index is 12.0. The minimum absolute atomic E-state index is 0.142. The second-order valence-corrected chi connectivity index (χ2v) is 4.75. The average Bonchev–Trinajstić information content (AvgIpc) is 2.72. The molecule has 0 aliphatic rings. The first-order chi connectivity index (χ1) is 8.49. The highest BCUT2D eigenvalue weighted by molar-refractivity contribution is 9.10. The molecule has 6 heteroatoms. The van der Waals surface area contributed by atoms with E-state index in [1.807, 2.05) is 18.2 Å². The minimum atomic E-state index is -0.567. The number of fused-ring (bicyclic) bond motifs is 1. The summed E-state index contributed by atoms with van der Waals surface area (Å²) < 4.78 is 6.25. The van der Waals surface area contributed by atoms with Crippen molar-refractivity contribution in [2.24, 2.45) is 5.73 Å². The van der Waals surface area contributed by atoms with E-state index in [1.54, 1.807) is 6.07 Å². The lowest BCUT2D eigenvalue weighted by atomic mass is 10.2. The third-order valence-corrected chi connectivity index (χ3v) is 3.07. The Morgan fingerprint density at radius 3 is 2.78 bits per heavy atom. The van der Waals surface area contributed by atoms with Crippen molar-refractivity contribution in [3.05, 3.63) is 34.5 Å². The Bertz CT molecular complexity index is 621. The molecule has 2 N–H and O–H groups in total. The summed E-state index contributed by atoms with van der Waals surface area (Å²) in [6.07, 6.45) is 0. The van der Waals surface area contributed by atoms with Crippen molar-refractivity contribution >= 4 is 38.7 Å². The first kappa shape index (κ1) is 12.6. The first-order valence-corrected chi connectivity index (χ1v) is 6.00. The van der Waals surface area contributed by atoms with Crippen LogP contribution in [0.15, 0.2) is 33.2 Å². The number of carbonyl (C=O) groups is 2. The topological polar surface area (TPSA) is 76.5 Å². The SMILES string of the molecule is CN(CC(N)=O)C(=O)c1cc2cccc(Br)c2o1. The highest BCUT2D eigenvalue weighted by Gasteiger charge is 2.18. The van der Waals surface area contributed by atoms with Crippen molar-refractivity contribution in [1.82, 2.24) is 4.90 Å². The number of amides is 2. The molecule has 2 amide bonds. The molecule has 0 aliphatic carbocycles. The maximum absolute atomic E-state index is 12.0. The fraction of sp³-hybridized carbons (Fsp3) is 0.167. The lowest BCUT2D eigenvalue weighted by molar-refractivity contribution is -0.118. The van der Waals surface area contributed by atoms with E-state index in [0.29, 0.717) is 5.58 Å². The highest BCUT2D eigenvalue weighted by Crippen LogP contribution is 2.27. The number of benzene rings is 1. The standard InChI is InChI=1S/C12H11BrN2O3/c1-15(6-10(14)16)12(17)9-5-7-3-2-4-8(13)11(7)18-9/h2-5H,6H2,1H3,(H2,14,16). The van der Waals surface area contributed by atoms with Crippen LogP contribution in [-0.4, -0.2) is 30.3 Å². The average molecular weight is 311 g/mol. The molecule has 0 unspecified atom stereocenters. The van der Waals surface area contributed by atoms with Crippen LogP contribution in [0.1, 0.15) is 10.6 Å². The van der Waals surface area contributed by atoms with Gasteiger partial charge in [0.15, 0.2) is 5.76 Å². The first-order valence-electron chi connectivity index (χ1n) is 5.21. The van der Waals surface area contributed by atoms with Gasteiger partial charge < -0.3 is 15.1 Å². The molecule has 0 saturated carbocycles. The van der Waals surface area contributed by atoms with Crippen LogP contribution in [0.4, 0.5) is 0 Å². The minimum Gasteiger partial charge on any atom is -0.450 e. The number of primary amides is 1. The Morgan fingerprint density at radius 1 is 1.44 bits per heavy atom. The summed E-state index contributed by atoms with van der Waals surface area (Å²) in [4.78, 5) is 23.9. The summed E-state index contributed by atoms with van der Waals surface area (Å²) in [6.45, 7) is -0.142. The molecule has 0 bridgehead atoms. The van der Waals surface area contributed by atoms with Gasteiger partial charge in [-0.05, 0) is 28.1 Å². The molecule has 0 spiro atoms. The number of nitrogens with zero attached hydrogens (tertiary/aromatic N) is 1. The van der Waals surface area contributed by atoms with Crippen LogP contribution in [0.25, 0.3) is 11.0 Å². The summed E-state index contributed by atoms with van der Waals surface area (Å²) in [5.74, 6) is -0.763. The lowest BCUT2D eigenvalue weighted by Gasteiger charge is -2.12.